The molecule has 0 bridgehead atoms. The van der Waals surface area contributed by atoms with Crippen LogP contribution in [0.25, 0.3) is 0 Å². The third-order valence-electron chi connectivity index (χ3n) is 2.78. The minimum atomic E-state index is -0.189. The molecule has 1 fully saturated rings. The maximum Gasteiger partial charge on any atom is 0.229 e. The summed E-state index contributed by atoms with van der Waals surface area (Å²) in [6.45, 7) is 6.46. The molecule has 0 N–H and O–H groups in total. The zero-order chi connectivity index (χ0) is 14.0. The molecule has 0 saturated carbocycles. The fraction of sp³-hybridized carbons (Fsp3) is 0.727. The Bertz CT molecular complexity index is 478. The molecule has 8 heteroatoms. The Kier molecular flexibility index (Phi) is 3.88. The van der Waals surface area contributed by atoms with Gasteiger partial charge < -0.3 is 0 Å². The van der Waals surface area contributed by atoms with Crippen molar-refractivity contribution in [1.29, 1.82) is 0 Å². The number of hydrogen-bond acceptors (Lipinski definition) is 6. The van der Waals surface area contributed by atoms with Crippen molar-refractivity contribution >= 4 is 23.6 Å². The third kappa shape index (κ3) is 3.12. The monoisotopic (exact) mass is 283 g/mol. The highest BCUT2D eigenvalue weighted by molar-refractivity contribution is 7.99. The van der Waals surface area contributed by atoms with E-state index in [1.807, 2.05) is 20.8 Å². The lowest BCUT2D eigenvalue weighted by molar-refractivity contribution is -0.137. The summed E-state index contributed by atoms with van der Waals surface area (Å²) in [5.74, 6) is 0.440. The van der Waals surface area contributed by atoms with E-state index in [9.17, 15) is 9.59 Å². The Morgan fingerprint density at radius 3 is 2.42 bits per heavy atom. The number of carbonyl (C=O) groups excluding carboxylic acids is 2. The lowest BCUT2D eigenvalue weighted by Crippen LogP contribution is -2.31. The van der Waals surface area contributed by atoms with E-state index in [-0.39, 0.29) is 17.4 Å². The first-order valence-electron chi connectivity index (χ1n) is 6.14. The van der Waals surface area contributed by atoms with Gasteiger partial charge in [-0.1, -0.05) is 11.8 Å². The Balaban J connectivity index is 1.92. The van der Waals surface area contributed by atoms with Gasteiger partial charge in [0.05, 0.1) is 5.54 Å². The molecule has 7 nitrogen and oxygen atoms in total. The van der Waals surface area contributed by atoms with Gasteiger partial charge in [0.25, 0.3) is 0 Å². The van der Waals surface area contributed by atoms with Crippen molar-refractivity contribution in [3.05, 3.63) is 0 Å². The normalized spacial score (nSPS) is 16.5. The largest absolute Gasteiger partial charge is 0.282 e. The highest BCUT2D eigenvalue weighted by Crippen LogP contribution is 2.22. The third-order valence-corrected chi connectivity index (χ3v) is 3.68. The smallest absolute Gasteiger partial charge is 0.229 e. The molecule has 0 spiro atoms. The van der Waals surface area contributed by atoms with Crippen molar-refractivity contribution in [2.24, 2.45) is 0 Å². The van der Waals surface area contributed by atoms with E-state index < -0.39 is 0 Å². The summed E-state index contributed by atoms with van der Waals surface area (Å²) in [7, 11) is 0. The van der Waals surface area contributed by atoms with Crippen molar-refractivity contribution in [3.63, 3.8) is 0 Å². The quantitative estimate of drug-likeness (QED) is 0.597. The highest BCUT2D eigenvalue weighted by atomic mass is 32.2. The number of imide groups is 1. The first kappa shape index (κ1) is 14.0. The van der Waals surface area contributed by atoms with Gasteiger partial charge in [0.2, 0.25) is 17.0 Å². The minimum Gasteiger partial charge on any atom is -0.282 e. The van der Waals surface area contributed by atoms with E-state index in [0.717, 1.165) is 0 Å². The van der Waals surface area contributed by atoms with Gasteiger partial charge in [0.15, 0.2) is 0 Å². The Hall–Kier alpha value is -1.44. The second-order valence-corrected chi connectivity index (χ2v) is 6.39. The van der Waals surface area contributed by atoms with Crippen LogP contribution in [0.2, 0.25) is 0 Å². The van der Waals surface area contributed by atoms with Crippen molar-refractivity contribution in [1.82, 2.24) is 25.1 Å². The molecule has 0 aromatic carbocycles. The van der Waals surface area contributed by atoms with Crippen LogP contribution in [0.3, 0.4) is 0 Å². The first-order chi connectivity index (χ1) is 8.89. The molecular weight excluding hydrogens is 266 g/mol. The molecule has 2 heterocycles. The van der Waals surface area contributed by atoms with Crippen LogP contribution in [-0.2, 0) is 15.1 Å². The molecule has 104 valence electrons. The van der Waals surface area contributed by atoms with Crippen molar-refractivity contribution in [2.75, 3.05) is 12.3 Å². The second kappa shape index (κ2) is 5.28. The van der Waals surface area contributed by atoms with Crippen LogP contribution in [0.1, 0.15) is 33.6 Å². The average Bonchev–Trinajstić information content (AvgIpc) is 2.89. The number of tetrazole rings is 1. The SMILES string of the molecule is CC(C)(C)n1nnnc1SCCN1C(=O)CCC1=O. The Morgan fingerprint density at radius 2 is 1.84 bits per heavy atom. The molecular formula is C11H17N5O2S. The predicted octanol–water partition coefficient (Wildman–Crippen LogP) is 0.669. The van der Waals surface area contributed by atoms with Crippen LogP contribution < -0.4 is 0 Å². The molecule has 1 aromatic rings. The molecule has 1 aromatic heterocycles. The number of carbonyl (C=O) groups is 2. The molecule has 0 aliphatic carbocycles. The molecule has 1 aliphatic rings. The summed E-state index contributed by atoms with van der Waals surface area (Å²) in [6.07, 6.45) is 0.673. The number of nitrogens with zero attached hydrogens (tertiary/aromatic N) is 5. The number of thioether (sulfide) groups is 1. The van der Waals surface area contributed by atoms with E-state index in [4.69, 9.17) is 0 Å². The highest BCUT2D eigenvalue weighted by Gasteiger charge is 2.28. The fourth-order valence-corrected chi connectivity index (χ4v) is 2.77. The molecule has 1 saturated heterocycles. The van der Waals surface area contributed by atoms with Crippen LogP contribution in [0.15, 0.2) is 5.16 Å². The summed E-state index contributed by atoms with van der Waals surface area (Å²) < 4.78 is 1.74. The van der Waals surface area contributed by atoms with Crippen LogP contribution >= 0.6 is 11.8 Å². The van der Waals surface area contributed by atoms with Gasteiger partial charge >= 0.3 is 0 Å². The van der Waals surface area contributed by atoms with Crippen LogP contribution in [-0.4, -0.2) is 49.2 Å². The van der Waals surface area contributed by atoms with Crippen molar-refractivity contribution in [2.45, 2.75) is 44.3 Å². The summed E-state index contributed by atoms with van der Waals surface area (Å²) >= 11 is 1.45. The zero-order valence-electron chi connectivity index (χ0n) is 11.3. The number of hydrogen-bond donors (Lipinski definition) is 0. The Labute approximate surface area is 115 Å². The first-order valence-corrected chi connectivity index (χ1v) is 7.13. The fourth-order valence-electron chi connectivity index (χ4n) is 1.79. The van der Waals surface area contributed by atoms with Gasteiger partial charge in [-0.25, -0.2) is 4.68 Å². The number of aromatic nitrogens is 4. The van der Waals surface area contributed by atoms with Crippen LogP contribution in [0.4, 0.5) is 0 Å². The topological polar surface area (TPSA) is 81.0 Å². The van der Waals surface area contributed by atoms with E-state index in [1.54, 1.807) is 4.68 Å². The summed E-state index contributed by atoms with van der Waals surface area (Å²) in [5, 5.41) is 12.3. The van der Waals surface area contributed by atoms with Crippen LogP contribution in [0, 0.1) is 0 Å². The minimum absolute atomic E-state index is 0.0824. The lowest BCUT2D eigenvalue weighted by Gasteiger charge is -2.19. The predicted molar refractivity (Wildman–Crippen MR) is 69.5 cm³/mol. The number of amides is 2. The number of likely N-dealkylation sites (tertiary alicyclic amines) is 1. The van der Waals surface area contributed by atoms with E-state index in [2.05, 4.69) is 15.5 Å². The van der Waals surface area contributed by atoms with Crippen LogP contribution in [0.5, 0.6) is 0 Å². The van der Waals surface area contributed by atoms with Gasteiger partial charge in [-0.15, -0.1) is 5.10 Å². The van der Waals surface area contributed by atoms with Gasteiger partial charge in [-0.3, -0.25) is 14.5 Å². The van der Waals surface area contributed by atoms with Crippen molar-refractivity contribution < 1.29 is 9.59 Å². The molecule has 0 radical (unpaired) electrons. The van der Waals surface area contributed by atoms with E-state index >= 15 is 0 Å². The zero-order valence-corrected chi connectivity index (χ0v) is 12.1. The molecule has 19 heavy (non-hydrogen) atoms. The van der Waals surface area contributed by atoms with Crippen molar-refractivity contribution in [3.8, 4) is 0 Å². The second-order valence-electron chi connectivity index (χ2n) is 5.33. The van der Waals surface area contributed by atoms with Gasteiger partial charge in [0, 0.05) is 25.1 Å². The maximum atomic E-state index is 11.5. The maximum absolute atomic E-state index is 11.5. The van der Waals surface area contributed by atoms with Gasteiger partial charge in [0.1, 0.15) is 0 Å². The molecule has 0 atom stereocenters. The summed E-state index contributed by atoms with van der Waals surface area (Å²) in [4.78, 5) is 24.2. The summed E-state index contributed by atoms with van der Waals surface area (Å²) in [5.41, 5.74) is -0.189. The van der Waals surface area contributed by atoms with E-state index in [1.165, 1.54) is 16.7 Å². The summed E-state index contributed by atoms with van der Waals surface area (Å²) in [6, 6.07) is 0. The molecule has 0 unspecified atom stereocenters. The van der Waals surface area contributed by atoms with Gasteiger partial charge in [-0.2, -0.15) is 0 Å². The lowest BCUT2D eigenvalue weighted by atomic mass is 10.1. The molecule has 1 aliphatic heterocycles. The standard InChI is InChI=1S/C11H17N5O2S/c1-11(2,3)16-10(12-13-14-16)19-7-6-15-8(17)4-5-9(15)18/h4-7H2,1-3H3. The number of rotatable bonds is 4. The molecule has 2 amide bonds. The van der Waals surface area contributed by atoms with Gasteiger partial charge in [-0.05, 0) is 31.2 Å². The molecule has 2 rings (SSSR count). The van der Waals surface area contributed by atoms with E-state index in [0.29, 0.717) is 30.3 Å². The average molecular weight is 283 g/mol. The Morgan fingerprint density at radius 1 is 1.21 bits per heavy atom.